The Balaban J connectivity index is 0. The third kappa shape index (κ3) is 19.7. The Morgan fingerprint density at radius 1 is 1.00 bits per heavy atom. The molecule has 0 rings (SSSR count). The Bertz CT molecular complexity index is 11.6. The van der Waals surface area contributed by atoms with Crippen molar-refractivity contribution in [2.45, 2.75) is 0 Å². The fraction of sp³-hybridized carbons (Fsp3) is 0. The molecule has 0 N–H and O–H groups in total. The summed E-state index contributed by atoms with van der Waals surface area (Å²) >= 11 is 0. The monoisotopic (exact) mass is 260 g/mol. The van der Waals surface area contributed by atoms with Crippen molar-refractivity contribution in [3.05, 3.63) is 0 Å². The van der Waals surface area contributed by atoms with Crippen LogP contribution in [0.1, 0.15) is 0 Å². The van der Waals surface area contributed by atoms with Crippen LogP contribution in [0.2, 0.25) is 0 Å². The topological polar surface area (TPSA) is 0 Å². The van der Waals surface area contributed by atoms with Crippen LogP contribution in [-0.4, -0.2) is 17.4 Å². The van der Waals surface area contributed by atoms with Gasteiger partial charge in [-0.3, -0.25) is 0 Å². The van der Waals surface area contributed by atoms with Crippen LogP contribution in [0.4, 0.5) is 0 Å². The van der Waals surface area contributed by atoms with E-state index in [1.54, 1.807) is 0 Å². The van der Waals surface area contributed by atoms with E-state index in [1.807, 2.05) is 0 Å². The van der Waals surface area contributed by atoms with E-state index in [0.717, 1.165) is 0 Å². The molecule has 0 fully saturated rings. The summed E-state index contributed by atoms with van der Waals surface area (Å²) in [6, 6.07) is 0. The van der Waals surface area contributed by atoms with Gasteiger partial charge in [-0.15, -0.1) is 0 Å². The van der Waals surface area contributed by atoms with Crippen LogP contribution in [0.15, 0.2) is 0 Å². The largest absolute Gasteiger partial charge is 0 e. The van der Waals surface area contributed by atoms with Crippen molar-refractivity contribution in [2.24, 2.45) is 0 Å². The summed E-state index contributed by atoms with van der Waals surface area (Å²) in [5.41, 5.74) is 0. The fourth-order valence-electron chi connectivity index (χ4n) is 0. The van der Waals surface area contributed by atoms with Crippen LogP contribution in [0.5, 0.6) is 0 Å². The Labute approximate surface area is 90.8 Å². The second-order valence-electron chi connectivity index (χ2n) is 0. The Hall–Kier alpha value is 2.88. The molecule has 0 heterocycles. The summed E-state index contributed by atoms with van der Waals surface area (Å²) in [7, 11) is 0. The van der Waals surface area contributed by atoms with E-state index in [2.05, 4.69) is 0 Å². The number of rotatable bonds is 0. The molecule has 0 aromatic rings. The van der Waals surface area contributed by atoms with Crippen LogP contribution >= 0.6 is 0 Å². The Morgan fingerprint density at radius 3 is 1.00 bits per heavy atom. The maximum atomic E-state index is 0. The molecule has 5 heteroatoms. The second kappa shape index (κ2) is 28.7. The van der Waals surface area contributed by atoms with Gasteiger partial charge in [0.15, 0.2) is 0 Å². The molecule has 0 aromatic carbocycles. The molecule has 0 saturated heterocycles. The first kappa shape index (κ1) is 44.9. The molecule has 0 aromatic heterocycles. The van der Waals surface area contributed by atoms with Crippen molar-refractivity contribution in [3.8, 4) is 0 Å². The SMILES string of the molecule is [Al].[Cu].[Ni].[Ti].[Zn]. The first-order valence-corrected chi connectivity index (χ1v) is 0. The molecule has 0 amide bonds. The molecule has 5 heavy (non-hydrogen) atoms. The van der Waals surface area contributed by atoms with E-state index < -0.39 is 0 Å². The van der Waals surface area contributed by atoms with Crippen molar-refractivity contribution < 1.29 is 74.8 Å². The van der Waals surface area contributed by atoms with Gasteiger partial charge < -0.3 is 0 Å². The first-order chi connectivity index (χ1) is 0. The zero-order chi connectivity index (χ0) is 0. The minimum absolute atomic E-state index is 0. The molecular weight excluding hydrogens is 262 g/mol. The van der Waals surface area contributed by atoms with Crippen LogP contribution in [0.3, 0.4) is 0 Å². The summed E-state index contributed by atoms with van der Waals surface area (Å²) in [5.74, 6) is 0. The predicted molar refractivity (Wildman–Crippen MR) is 5.75 cm³/mol. The molecule has 0 unspecified atom stereocenters. The van der Waals surface area contributed by atoms with Crippen molar-refractivity contribution in [1.29, 1.82) is 0 Å². The van der Waals surface area contributed by atoms with Gasteiger partial charge >= 0.3 is 0 Å². The predicted octanol–water partition coefficient (Wildman–Crippen LogP) is -0.391. The third-order valence-corrected chi connectivity index (χ3v) is 0. The molecule has 0 nitrogen and oxygen atoms in total. The normalized spacial score (nSPS) is 0. The van der Waals surface area contributed by atoms with Gasteiger partial charge in [0.2, 0.25) is 0 Å². The summed E-state index contributed by atoms with van der Waals surface area (Å²) in [6.45, 7) is 0. The smallest absolute Gasteiger partial charge is 0 e. The molecule has 0 aliphatic rings. The van der Waals surface area contributed by atoms with Gasteiger partial charge in [0.25, 0.3) is 0 Å². The Morgan fingerprint density at radius 2 is 1.00 bits per heavy atom. The Kier molecular flexibility index (Phi) is 258. The van der Waals surface area contributed by atoms with Gasteiger partial charge in [-0.05, 0) is 0 Å². The van der Waals surface area contributed by atoms with E-state index in [4.69, 9.17) is 0 Å². The average molecular weight is 262 g/mol. The van der Waals surface area contributed by atoms with Gasteiger partial charge in [0, 0.05) is 92.1 Å². The van der Waals surface area contributed by atoms with Gasteiger partial charge in [-0.1, -0.05) is 0 Å². The number of hydrogen-bond acceptors (Lipinski definition) is 0. The molecule has 0 spiro atoms. The van der Waals surface area contributed by atoms with E-state index in [1.165, 1.54) is 0 Å². The van der Waals surface area contributed by atoms with Gasteiger partial charge in [-0.2, -0.15) is 0 Å². The summed E-state index contributed by atoms with van der Waals surface area (Å²) in [5, 5.41) is 0. The first-order valence-electron chi connectivity index (χ1n) is 0. The van der Waals surface area contributed by atoms with E-state index in [-0.39, 0.29) is 92.1 Å². The van der Waals surface area contributed by atoms with Crippen LogP contribution < -0.4 is 0 Å². The summed E-state index contributed by atoms with van der Waals surface area (Å²) < 4.78 is 0. The molecule has 0 bridgehead atoms. The minimum Gasteiger partial charge on any atom is 0 e. The van der Waals surface area contributed by atoms with Gasteiger partial charge in [-0.25, -0.2) is 0 Å². The summed E-state index contributed by atoms with van der Waals surface area (Å²) in [4.78, 5) is 0. The van der Waals surface area contributed by atoms with E-state index in [9.17, 15) is 0 Å². The molecule has 4 radical (unpaired) electrons. The van der Waals surface area contributed by atoms with Crippen LogP contribution in [0.25, 0.3) is 0 Å². The second-order valence-corrected chi connectivity index (χ2v) is 0. The van der Waals surface area contributed by atoms with Gasteiger partial charge in [0.05, 0.1) is 0 Å². The zero-order valence-corrected chi connectivity index (χ0v) is 10.0. The average Bonchev–Trinajstić information content (AvgIpc) is 0. The van der Waals surface area contributed by atoms with Crippen molar-refractivity contribution in [2.75, 3.05) is 0 Å². The van der Waals surface area contributed by atoms with Crippen LogP contribution in [0, 0.1) is 0 Å². The molecule has 30 valence electrons. The molecule has 0 aliphatic carbocycles. The van der Waals surface area contributed by atoms with Crippen molar-refractivity contribution in [1.82, 2.24) is 0 Å². The maximum Gasteiger partial charge on any atom is 0 e. The maximum absolute atomic E-state index is 0. The molecule has 0 saturated carbocycles. The quantitative estimate of drug-likeness (QED) is 0.522. The zero-order valence-electron chi connectivity index (χ0n) is 2.40. The van der Waals surface area contributed by atoms with E-state index >= 15 is 0 Å². The summed E-state index contributed by atoms with van der Waals surface area (Å²) in [6.07, 6.45) is 0. The van der Waals surface area contributed by atoms with Crippen LogP contribution in [-0.2, 0) is 74.8 Å². The van der Waals surface area contributed by atoms with Gasteiger partial charge in [0.1, 0.15) is 0 Å². The molecule has 0 atom stereocenters. The van der Waals surface area contributed by atoms with Crippen molar-refractivity contribution >= 4 is 17.4 Å². The standard InChI is InChI=1S/Al.Cu.Ni.Ti.Zn. The molecule has 0 aliphatic heterocycles. The van der Waals surface area contributed by atoms with E-state index in [0.29, 0.717) is 0 Å². The van der Waals surface area contributed by atoms with Crippen molar-refractivity contribution in [3.63, 3.8) is 0 Å². The molecular formula is AlCuNiTiZn. The minimum atomic E-state index is 0. The number of hydrogen-bond donors (Lipinski definition) is 0. The third-order valence-electron chi connectivity index (χ3n) is 0. The fourth-order valence-corrected chi connectivity index (χ4v) is 0.